The summed E-state index contributed by atoms with van der Waals surface area (Å²) < 4.78 is 5.49. The fourth-order valence-corrected chi connectivity index (χ4v) is 6.35. The van der Waals surface area contributed by atoms with Gasteiger partial charge in [-0.25, -0.2) is 4.98 Å². The number of para-hydroxylation sites is 2. The maximum atomic E-state index is 4.92. The van der Waals surface area contributed by atoms with Crippen molar-refractivity contribution < 1.29 is 21.1 Å². The fraction of sp³-hybridized carbons (Fsp3) is 0.0294. The van der Waals surface area contributed by atoms with Crippen molar-refractivity contribution in [2.75, 3.05) is 0 Å². The van der Waals surface area contributed by atoms with Crippen LogP contribution >= 0.6 is 11.3 Å². The molecule has 0 bridgehead atoms. The quantitative estimate of drug-likeness (QED) is 0.172. The van der Waals surface area contributed by atoms with Gasteiger partial charge >= 0.3 is 21.1 Å². The van der Waals surface area contributed by atoms with Gasteiger partial charge in [-0.1, -0.05) is 41.8 Å². The van der Waals surface area contributed by atoms with Crippen LogP contribution in [0, 0.1) is 12.1 Å². The van der Waals surface area contributed by atoms with E-state index in [1.807, 2.05) is 49.9 Å². The number of thiazole rings is 1. The number of hydrogen-bond acceptors (Lipinski definition) is 4. The molecule has 7 heteroatoms. The van der Waals surface area contributed by atoms with E-state index < -0.39 is 0 Å². The number of nitrogens with zero attached hydrogens (tertiary/aromatic N) is 5. The number of rotatable bonds is 4. The molecular weight excluding hydrogens is 706 g/mol. The smallest absolute Gasteiger partial charge is 0.345 e. The predicted molar refractivity (Wildman–Crippen MR) is 162 cm³/mol. The van der Waals surface area contributed by atoms with Gasteiger partial charge in [0.15, 0.2) is 0 Å². The molecule has 0 fully saturated rings. The van der Waals surface area contributed by atoms with Crippen LogP contribution in [0.25, 0.3) is 70.9 Å². The Morgan fingerprint density at radius 2 is 1.61 bits per heavy atom. The first-order valence-electron chi connectivity index (χ1n) is 13.0. The number of fused-ring (bicyclic) bond motifs is 4. The van der Waals surface area contributed by atoms with E-state index in [0.29, 0.717) is 0 Å². The summed E-state index contributed by atoms with van der Waals surface area (Å²) in [5.41, 5.74) is 7.80. The average molecular weight is 727 g/mol. The van der Waals surface area contributed by atoms with E-state index in [1.165, 1.54) is 4.70 Å². The van der Waals surface area contributed by atoms with Crippen molar-refractivity contribution in [2.45, 2.75) is 0 Å². The topological polar surface area (TPSA) is 48.5 Å². The van der Waals surface area contributed by atoms with Gasteiger partial charge in [0.1, 0.15) is 5.82 Å². The van der Waals surface area contributed by atoms with Gasteiger partial charge in [-0.15, -0.1) is 53.6 Å². The third-order valence-corrected chi connectivity index (χ3v) is 8.32. The number of aryl methyl sites for hydroxylation is 1. The molecule has 8 aromatic rings. The van der Waals surface area contributed by atoms with Gasteiger partial charge in [0.25, 0.3) is 0 Å². The van der Waals surface area contributed by atoms with E-state index in [1.54, 1.807) is 11.3 Å². The molecule has 0 atom stereocenters. The van der Waals surface area contributed by atoms with E-state index in [-0.39, 0.29) is 21.1 Å². The molecule has 4 aromatic carbocycles. The van der Waals surface area contributed by atoms with Crippen LogP contribution in [0.2, 0.25) is 0 Å². The molecule has 0 N–H and O–H groups in total. The first kappa shape index (κ1) is 25.6. The molecule has 0 amide bonds. The van der Waals surface area contributed by atoms with E-state index in [0.717, 1.165) is 66.2 Å². The number of aromatic nitrogens is 5. The largest absolute Gasteiger partial charge is 2.00 e. The first-order chi connectivity index (χ1) is 19.7. The number of benzene rings is 4. The summed E-state index contributed by atoms with van der Waals surface area (Å²) in [5, 5.41) is 3.21. The van der Waals surface area contributed by atoms with Gasteiger partial charge in [-0.05, 0) is 46.5 Å². The molecule has 0 saturated heterocycles. The maximum absolute atomic E-state index is 4.92. The summed E-state index contributed by atoms with van der Waals surface area (Å²) in [7, 11) is 2.03. The standard InChI is InChI=1S/C34H21N5S.Pt/c1-38-19-18-36-33(38)27-11-7-10-26-25-16-15-23(34-37-29-13-2-3-14-31(29)40-34)21-30(25)39(32(26)27)24-9-6-8-22(20-24)28-12-4-5-17-35-28;/h2-19H,1H3;/q-2;+2. The molecular formula is C34H21N5PtS. The zero-order chi connectivity index (χ0) is 26.6. The Hall–Kier alpha value is -4.38. The van der Waals surface area contributed by atoms with Crippen molar-refractivity contribution in [1.82, 2.24) is 24.1 Å². The van der Waals surface area contributed by atoms with Crippen LogP contribution in [-0.2, 0) is 28.1 Å². The molecule has 0 unspecified atom stereocenters. The maximum Gasteiger partial charge on any atom is 2.00 e. The van der Waals surface area contributed by atoms with Crippen LogP contribution in [0.5, 0.6) is 0 Å². The molecule has 0 aliphatic heterocycles. The van der Waals surface area contributed by atoms with Crippen LogP contribution in [0.1, 0.15) is 0 Å². The minimum absolute atomic E-state index is 0. The Labute approximate surface area is 255 Å². The first-order valence-corrected chi connectivity index (χ1v) is 13.8. The molecule has 0 saturated carbocycles. The SMILES string of the molecule is Cn1ccnc1-c1cccc2c3ccc(-c4nc5ccccc5s4)[c-]c3n(-c3[c-]c(-c4ccccn4)ccc3)c12.[Pt+2]. The summed E-state index contributed by atoms with van der Waals surface area (Å²) in [6.45, 7) is 0. The minimum Gasteiger partial charge on any atom is -0.345 e. The second-order valence-electron chi connectivity index (χ2n) is 9.68. The van der Waals surface area contributed by atoms with Crippen molar-refractivity contribution in [3.8, 4) is 38.9 Å². The normalized spacial score (nSPS) is 11.3. The molecule has 5 nitrogen and oxygen atoms in total. The zero-order valence-electron chi connectivity index (χ0n) is 21.9. The molecule has 0 spiro atoms. The minimum atomic E-state index is 0. The summed E-state index contributed by atoms with van der Waals surface area (Å²) in [5.74, 6) is 0.905. The molecule has 198 valence electrons. The van der Waals surface area contributed by atoms with Crippen LogP contribution < -0.4 is 0 Å². The van der Waals surface area contributed by atoms with Gasteiger partial charge < -0.3 is 14.1 Å². The average Bonchev–Trinajstić information content (AvgIpc) is 3.72. The number of imidazole rings is 1. The predicted octanol–water partition coefficient (Wildman–Crippen LogP) is 8.12. The Morgan fingerprint density at radius 1 is 0.732 bits per heavy atom. The monoisotopic (exact) mass is 726 g/mol. The summed E-state index contributed by atoms with van der Waals surface area (Å²) in [6.07, 6.45) is 5.63. The van der Waals surface area contributed by atoms with Crippen LogP contribution in [0.3, 0.4) is 0 Å². The van der Waals surface area contributed by atoms with Crippen molar-refractivity contribution in [2.24, 2.45) is 7.05 Å². The zero-order valence-corrected chi connectivity index (χ0v) is 24.9. The van der Waals surface area contributed by atoms with E-state index in [9.17, 15) is 0 Å². The van der Waals surface area contributed by atoms with Crippen LogP contribution in [0.4, 0.5) is 0 Å². The molecule has 4 aromatic heterocycles. The van der Waals surface area contributed by atoms with Gasteiger partial charge in [0.2, 0.25) is 0 Å². The molecule has 4 heterocycles. The van der Waals surface area contributed by atoms with Gasteiger partial charge in [0.05, 0.1) is 11.0 Å². The molecule has 8 rings (SSSR count). The Kier molecular flexibility index (Phi) is 6.38. The molecule has 0 aliphatic rings. The van der Waals surface area contributed by atoms with E-state index in [4.69, 9.17) is 9.97 Å². The molecule has 0 aliphatic carbocycles. The van der Waals surface area contributed by atoms with Gasteiger partial charge in [0, 0.05) is 40.9 Å². The third kappa shape index (κ3) is 4.22. The molecule has 41 heavy (non-hydrogen) atoms. The Bertz CT molecular complexity index is 2160. The van der Waals surface area contributed by atoms with Crippen molar-refractivity contribution >= 4 is 43.4 Å². The second kappa shape index (κ2) is 10.2. The summed E-state index contributed by atoms with van der Waals surface area (Å²) in [6, 6.07) is 38.6. The van der Waals surface area contributed by atoms with E-state index >= 15 is 0 Å². The van der Waals surface area contributed by atoms with Gasteiger partial charge in [-0.3, -0.25) is 4.98 Å². The third-order valence-electron chi connectivity index (χ3n) is 7.25. The number of pyridine rings is 1. The van der Waals surface area contributed by atoms with Gasteiger partial charge in [-0.2, -0.15) is 11.3 Å². The number of hydrogen-bond donors (Lipinski definition) is 0. The molecule has 0 radical (unpaired) electrons. The van der Waals surface area contributed by atoms with Crippen molar-refractivity contribution in [3.05, 3.63) is 122 Å². The van der Waals surface area contributed by atoms with E-state index in [2.05, 4.69) is 93.0 Å². The summed E-state index contributed by atoms with van der Waals surface area (Å²) in [4.78, 5) is 14.2. The Balaban J connectivity index is 0.00000276. The van der Waals surface area contributed by atoms with Crippen LogP contribution in [-0.4, -0.2) is 24.1 Å². The van der Waals surface area contributed by atoms with Crippen molar-refractivity contribution in [1.29, 1.82) is 0 Å². The Morgan fingerprint density at radius 3 is 2.44 bits per heavy atom. The van der Waals surface area contributed by atoms with Crippen molar-refractivity contribution in [3.63, 3.8) is 0 Å². The second-order valence-corrected chi connectivity index (χ2v) is 10.7. The summed E-state index contributed by atoms with van der Waals surface area (Å²) >= 11 is 1.69. The fourth-order valence-electron chi connectivity index (χ4n) is 5.41. The van der Waals surface area contributed by atoms with Crippen LogP contribution in [0.15, 0.2) is 110 Å².